The molecule has 0 aliphatic heterocycles. The molecule has 186 valence electrons. The van der Waals surface area contributed by atoms with E-state index in [1.807, 2.05) is 0 Å². The summed E-state index contributed by atoms with van der Waals surface area (Å²) in [5.41, 5.74) is 1.16. The van der Waals surface area contributed by atoms with Gasteiger partial charge in [-0.25, -0.2) is 9.59 Å². The second-order valence-corrected chi connectivity index (χ2v) is 7.64. The van der Waals surface area contributed by atoms with Gasteiger partial charge in [0.25, 0.3) is 0 Å². The Morgan fingerprint density at radius 1 is 0.757 bits per heavy atom. The second kappa shape index (κ2) is 12.6. The monoisotopic (exact) mass is 518 g/mol. The van der Waals surface area contributed by atoms with Gasteiger partial charge in [0.15, 0.2) is 34.5 Å². The summed E-state index contributed by atoms with van der Waals surface area (Å²) in [6, 6.07) is 10.4. The third-order valence-electron chi connectivity index (χ3n) is 5.07. The first-order valence-electron chi connectivity index (χ1n) is 10.4. The Morgan fingerprint density at radius 3 is 2.00 bits per heavy atom. The number of carboxylic acids is 1. The zero-order valence-corrected chi connectivity index (χ0v) is 20.7. The molecule has 0 heterocycles. The second-order valence-electron chi connectivity index (χ2n) is 7.64. The number of ether oxygens (including phenoxy) is 1. The molecule has 0 fully saturated rings. The van der Waals surface area contributed by atoms with Crippen molar-refractivity contribution in [3.63, 3.8) is 0 Å². The Bertz CT molecular complexity index is 1360. The van der Waals surface area contributed by atoms with Crippen LogP contribution in [-0.4, -0.2) is 76.8 Å². The van der Waals surface area contributed by atoms with Crippen molar-refractivity contribution in [1.29, 1.82) is 0 Å². The van der Waals surface area contributed by atoms with Gasteiger partial charge in [-0.3, -0.25) is 0 Å². The Morgan fingerprint density at radius 2 is 1.38 bits per heavy atom. The van der Waals surface area contributed by atoms with E-state index in [4.69, 9.17) is 4.74 Å². The van der Waals surface area contributed by atoms with Crippen molar-refractivity contribution in [3.05, 3.63) is 76.9 Å². The van der Waals surface area contributed by atoms with Crippen LogP contribution < -0.4 is 0 Å². The number of aliphatic carboxylic acids is 1. The number of carboxylic acid groups (broad SMARTS) is 1. The molecule has 3 aromatic rings. The van der Waals surface area contributed by atoms with Crippen molar-refractivity contribution in [2.75, 3.05) is 0 Å². The number of hydrogen-bond acceptors (Lipinski definition) is 9. The third-order valence-corrected chi connectivity index (χ3v) is 5.07. The molecule has 1 atom stereocenters. The minimum Gasteiger partial charge on any atom is -0.504 e. The van der Waals surface area contributed by atoms with E-state index < -0.39 is 35.3 Å². The Kier molecular flexibility index (Phi) is 9.80. The zero-order valence-electron chi connectivity index (χ0n) is 19.3. The van der Waals surface area contributed by atoms with Crippen molar-refractivity contribution in [2.24, 2.45) is 0 Å². The first-order chi connectivity index (χ1) is 17.0. The van der Waals surface area contributed by atoms with E-state index in [1.165, 1.54) is 60.7 Å². The number of carbonyl (C=O) groups is 2. The van der Waals surface area contributed by atoms with Gasteiger partial charge in [0.05, 0.1) is 0 Å². The maximum atomic E-state index is 12.3. The first kappa shape index (κ1) is 28.9. The van der Waals surface area contributed by atoms with Gasteiger partial charge in [-0.2, -0.15) is 0 Å². The van der Waals surface area contributed by atoms with Crippen LogP contribution >= 0.6 is 0 Å². The van der Waals surface area contributed by atoms with Crippen LogP contribution in [0.15, 0.2) is 54.6 Å². The van der Waals surface area contributed by atoms with Crippen LogP contribution in [-0.2, 0) is 20.7 Å². The molecule has 0 radical (unpaired) electrons. The number of hydrogen-bond donors (Lipinski definition) is 7. The molecule has 3 aromatic carbocycles. The molecule has 0 aromatic heterocycles. The molecular weight excluding hydrogens is 497 g/mol. The SMILES string of the molecule is O=C(/C=C\c1ccc(O)c(O)c1/C=C/c1ccc(O)c(O)c1)O[C@@H](Cc1ccc(O)c(O)c1)C(=O)O.[Mg+2]. The molecule has 11 heteroatoms. The molecule has 0 saturated heterocycles. The fourth-order valence-corrected chi connectivity index (χ4v) is 3.18. The van der Waals surface area contributed by atoms with Gasteiger partial charge >= 0.3 is 35.0 Å². The van der Waals surface area contributed by atoms with Gasteiger partial charge in [-0.05, 0) is 59.2 Å². The molecule has 0 aliphatic rings. The van der Waals surface area contributed by atoms with Crippen molar-refractivity contribution < 1.29 is 50.1 Å². The summed E-state index contributed by atoms with van der Waals surface area (Å²) < 4.78 is 5.00. The largest absolute Gasteiger partial charge is 2.00 e. The van der Waals surface area contributed by atoms with E-state index >= 15 is 0 Å². The van der Waals surface area contributed by atoms with E-state index in [0.29, 0.717) is 11.1 Å². The summed E-state index contributed by atoms with van der Waals surface area (Å²) in [6.07, 6.45) is 3.23. The van der Waals surface area contributed by atoms with Gasteiger partial charge in [-0.1, -0.05) is 24.3 Å². The summed E-state index contributed by atoms with van der Waals surface area (Å²) in [5, 5.41) is 67.5. The third kappa shape index (κ3) is 7.56. The van der Waals surface area contributed by atoms with E-state index in [9.17, 15) is 45.3 Å². The van der Waals surface area contributed by atoms with E-state index in [1.54, 1.807) is 0 Å². The molecule has 0 saturated carbocycles. The number of aromatic hydroxyl groups is 6. The molecule has 37 heavy (non-hydrogen) atoms. The molecule has 0 bridgehead atoms. The predicted octanol–water partition coefficient (Wildman–Crippen LogP) is 2.96. The van der Waals surface area contributed by atoms with Gasteiger partial charge in [0, 0.05) is 18.1 Å². The van der Waals surface area contributed by atoms with Crippen LogP contribution in [0, 0.1) is 0 Å². The summed E-state index contributed by atoms with van der Waals surface area (Å²) in [4.78, 5) is 23.9. The number of phenols is 6. The number of carbonyl (C=O) groups excluding carboxylic acids is 1. The summed E-state index contributed by atoms with van der Waals surface area (Å²) in [7, 11) is 0. The smallest absolute Gasteiger partial charge is 0.504 e. The summed E-state index contributed by atoms with van der Waals surface area (Å²) in [6.45, 7) is 0. The van der Waals surface area contributed by atoms with Crippen molar-refractivity contribution >= 4 is 53.2 Å². The first-order valence-corrected chi connectivity index (χ1v) is 10.4. The van der Waals surface area contributed by atoms with E-state index in [0.717, 1.165) is 12.1 Å². The van der Waals surface area contributed by atoms with Gasteiger partial charge in [0.2, 0.25) is 6.10 Å². The average Bonchev–Trinajstić information content (AvgIpc) is 2.83. The standard InChI is InChI=1S/C26H22O10.Mg/c27-18-7-2-14(11-21(18)30)1-6-17-16(4-9-20(29)25(17)33)5-10-24(32)36-23(26(34)35)13-15-3-8-19(28)22(31)12-15;/h1-12,23,27-31,33H,13H2,(H,34,35);/q;+2/b6-1+,10-5-;/t23-;/m0./s1. The van der Waals surface area contributed by atoms with Crippen molar-refractivity contribution in [1.82, 2.24) is 0 Å². The van der Waals surface area contributed by atoms with Gasteiger partial charge < -0.3 is 40.5 Å². The topological polar surface area (TPSA) is 185 Å². The molecule has 0 amide bonds. The number of esters is 1. The summed E-state index contributed by atoms with van der Waals surface area (Å²) >= 11 is 0. The minimum absolute atomic E-state index is 0. The van der Waals surface area contributed by atoms with E-state index in [-0.39, 0.29) is 57.8 Å². The van der Waals surface area contributed by atoms with Crippen LogP contribution in [0.4, 0.5) is 0 Å². The normalized spacial score (nSPS) is 11.8. The Hall–Kier alpha value is -4.35. The molecule has 0 aliphatic carbocycles. The van der Waals surface area contributed by atoms with Crippen molar-refractivity contribution in [3.8, 4) is 34.5 Å². The van der Waals surface area contributed by atoms with Crippen LogP contribution in [0.3, 0.4) is 0 Å². The maximum absolute atomic E-state index is 12.3. The molecular formula is C26H22MgO10+2. The van der Waals surface area contributed by atoms with Gasteiger partial charge in [-0.15, -0.1) is 0 Å². The number of rotatable bonds is 8. The maximum Gasteiger partial charge on any atom is 2.00 e. The minimum atomic E-state index is -1.58. The van der Waals surface area contributed by atoms with Crippen LogP contribution in [0.1, 0.15) is 22.3 Å². The molecule has 3 rings (SSSR count). The molecule has 0 spiro atoms. The van der Waals surface area contributed by atoms with Crippen LogP contribution in [0.5, 0.6) is 34.5 Å². The Balaban J connectivity index is 0.00000481. The van der Waals surface area contributed by atoms with E-state index in [2.05, 4.69) is 0 Å². The van der Waals surface area contributed by atoms with Gasteiger partial charge in [0.1, 0.15) is 0 Å². The van der Waals surface area contributed by atoms with Crippen LogP contribution in [0.25, 0.3) is 18.2 Å². The molecule has 0 unspecified atom stereocenters. The molecule has 7 N–H and O–H groups in total. The van der Waals surface area contributed by atoms with Crippen molar-refractivity contribution in [2.45, 2.75) is 12.5 Å². The Labute approximate surface area is 226 Å². The average molecular weight is 519 g/mol. The fraction of sp³-hybridized carbons (Fsp3) is 0.0769. The van der Waals surface area contributed by atoms with Crippen LogP contribution in [0.2, 0.25) is 0 Å². The number of benzene rings is 3. The number of phenolic OH excluding ortho intramolecular Hbond substituents is 6. The molecule has 10 nitrogen and oxygen atoms in total. The summed E-state index contributed by atoms with van der Waals surface area (Å²) in [5.74, 6) is -4.82. The predicted molar refractivity (Wildman–Crippen MR) is 134 cm³/mol. The fourth-order valence-electron chi connectivity index (χ4n) is 3.18. The quantitative estimate of drug-likeness (QED) is 0.0768. The zero-order chi connectivity index (χ0) is 26.4.